The molecule has 0 fully saturated rings. The highest BCUT2D eigenvalue weighted by molar-refractivity contribution is 5.99. The molecule has 3 aromatic heterocycles. The van der Waals surface area contributed by atoms with Gasteiger partial charge in [0.2, 0.25) is 0 Å². The zero-order chi connectivity index (χ0) is 21.5. The first-order valence-electron chi connectivity index (χ1n) is 9.98. The van der Waals surface area contributed by atoms with Gasteiger partial charge in [0.15, 0.2) is 5.82 Å². The molecular weight excluding hydrogens is 384 g/mol. The molecule has 6 nitrogen and oxygen atoms in total. The second kappa shape index (κ2) is 7.18. The number of nitrogens with one attached hydrogen (secondary N) is 4. The summed E-state index contributed by atoms with van der Waals surface area (Å²) in [6.07, 6.45) is 9.79. The summed E-state index contributed by atoms with van der Waals surface area (Å²) in [5.74, 6) is 1.24. The van der Waals surface area contributed by atoms with Gasteiger partial charge in [-0.05, 0) is 19.1 Å². The van der Waals surface area contributed by atoms with Gasteiger partial charge in [0.1, 0.15) is 17.2 Å². The van der Waals surface area contributed by atoms with Crippen LogP contribution in [0.1, 0.15) is 23.9 Å². The molecule has 152 valence electrons. The predicted molar refractivity (Wildman–Crippen MR) is 129 cm³/mol. The van der Waals surface area contributed by atoms with Crippen molar-refractivity contribution < 1.29 is 0 Å². The van der Waals surface area contributed by atoms with Crippen LogP contribution < -0.4 is 10.6 Å². The summed E-state index contributed by atoms with van der Waals surface area (Å²) in [6.45, 7) is 14.0. The summed E-state index contributed by atoms with van der Waals surface area (Å²) in [6, 6.07) is 8.16. The summed E-state index contributed by atoms with van der Waals surface area (Å²) in [7, 11) is 0. The third-order valence-electron chi connectivity index (χ3n) is 5.34. The first-order chi connectivity index (χ1) is 15.1. The fourth-order valence-corrected chi connectivity index (χ4v) is 3.95. The molecule has 1 aromatic carbocycles. The Morgan fingerprint density at radius 3 is 2.48 bits per heavy atom. The number of anilines is 1. The molecule has 1 aliphatic rings. The number of hydrogen-bond donors (Lipinski definition) is 4. The number of allylic oxidation sites excluding steroid dienone is 1. The molecule has 0 saturated heterocycles. The Morgan fingerprint density at radius 1 is 0.903 bits per heavy atom. The third-order valence-corrected chi connectivity index (χ3v) is 5.34. The summed E-state index contributed by atoms with van der Waals surface area (Å²) in [4.78, 5) is 16.7. The van der Waals surface area contributed by atoms with E-state index >= 15 is 0 Å². The summed E-state index contributed by atoms with van der Waals surface area (Å²) >= 11 is 0. The molecule has 0 unspecified atom stereocenters. The van der Waals surface area contributed by atoms with Gasteiger partial charge < -0.3 is 20.6 Å². The van der Waals surface area contributed by atoms with E-state index in [-0.39, 0.29) is 0 Å². The van der Waals surface area contributed by atoms with E-state index in [1.807, 2.05) is 49.7 Å². The van der Waals surface area contributed by atoms with E-state index in [2.05, 4.69) is 52.5 Å². The Hall–Kier alpha value is -4.32. The summed E-state index contributed by atoms with van der Waals surface area (Å²) < 4.78 is 0. The minimum absolute atomic E-state index is 0.618. The second-order valence-electron chi connectivity index (χ2n) is 7.31. The number of aromatic amines is 2. The molecule has 0 bridgehead atoms. The van der Waals surface area contributed by atoms with Crippen molar-refractivity contribution in [1.29, 1.82) is 0 Å². The summed E-state index contributed by atoms with van der Waals surface area (Å²) in [5.41, 5.74) is 7.77. The van der Waals surface area contributed by atoms with Crippen molar-refractivity contribution in [3.05, 3.63) is 85.2 Å². The molecule has 0 atom stereocenters. The number of fused-ring (bicyclic) bond motifs is 2. The molecule has 5 rings (SSSR count). The second-order valence-corrected chi connectivity index (χ2v) is 7.31. The molecule has 6 heteroatoms. The smallest absolute Gasteiger partial charge is 0.160 e. The topological polar surface area (TPSA) is 81.4 Å². The van der Waals surface area contributed by atoms with Crippen molar-refractivity contribution in [2.45, 2.75) is 6.92 Å². The lowest BCUT2D eigenvalue weighted by Gasteiger charge is -2.23. The molecule has 31 heavy (non-hydrogen) atoms. The van der Waals surface area contributed by atoms with Crippen molar-refractivity contribution in [2.75, 3.05) is 5.32 Å². The van der Waals surface area contributed by atoms with Crippen molar-refractivity contribution in [2.24, 2.45) is 0 Å². The monoisotopic (exact) mass is 406 g/mol. The lowest BCUT2D eigenvalue weighted by molar-refractivity contribution is 1.01. The van der Waals surface area contributed by atoms with Gasteiger partial charge in [-0.1, -0.05) is 50.1 Å². The fraction of sp³-hybridized carbons (Fsp3) is 0.0400. The quantitative estimate of drug-likeness (QED) is 0.348. The number of benzene rings is 1. The van der Waals surface area contributed by atoms with Crippen LogP contribution in [0, 0.1) is 0 Å². The SMILES string of the molecule is C=Cc1[nH]cc(-c2nc3c(nc2-c2c[nH]c4ccccc24)C(=C)NC(=C)N3)c1/C=C\C. The molecule has 0 amide bonds. The largest absolute Gasteiger partial charge is 0.361 e. The van der Waals surface area contributed by atoms with Crippen LogP contribution in [0.4, 0.5) is 5.82 Å². The fourth-order valence-electron chi connectivity index (χ4n) is 3.95. The maximum Gasteiger partial charge on any atom is 0.160 e. The van der Waals surface area contributed by atoms with Gasteiger partial charge in [0, 0.05) is 45.7 Å². The van der Waals surface area contributed by atoms with E-state index in [4.69, 9.17) is 9.97 Å². The van der Waals surface area contributed by atoms with E-state index in [0.29, 0.717) is 23.0 Å². The van der Waals surface area contributed by atoms with Gasteiger partial charge in [-0.25, -0.2) is 9.97 Å². The number of rotatable bonds is 4. The van der Waals surface area contributed by atoms with Crippen molar-refractivity contribution in [3.8, 4) is 22.5 Å². The first-order valence-corrected chi connectivity index (χ1v) is 9.98. The Kier molecular flexibility index (Phi) is 4.33. The van der Waals surface area contributed by atoms with Gasteiger partial charge in [-0.2, -0.15) is 0 Å². The van der Waals surface area contributed by atoms with E-state index in [9.17, 15) is 0 Å². The van der Waals surface area contributed by atoms with Crippen molar-refractivity contribution >= 4 is 34.6 Å². The molecule has 4 N–H and O–H groups in total. The lowest BCUT2D eigenvalue weighted by atomic mass is 10.0. The number of H-pyrrole nitrogens is 2. The number of para-hydroxylation sites is 1. The zero-order valence-electron chi connectivity index (χ0n) is 17.2. The molecule has 4 aromatic rings. The zero-order valence-corrected chi connectivity index (χ0v) is 17.2. The Labute approximate surface area is 180 Å². The van der Waals surface area contributed by atoms with Crippen LogP contribution in [0.15, 0.2) is 68.3 Å². The highest BCUT2D eigenvalue weighted by Crippen LogP contribution is 2.39. The summed E-state index contributed by atoms with van der Waals surface area (Å²) in [5, 5.41) is 7.37. The Morgan fingerprint density at radius 2 is 1.68 bits per heavy atom. The highest BCUT2D eigenvalue weighted by atomic mass is 15.2. The molecule has 0 radical (unpaired) electrons. The maximum absolute atomic E-state index is 5.02. The normalized spacial score (nSPS) is 13.3. The van der Waals surface area contributed by atoms with E-state index in [0.717, 1.165) is 44.7 Å². The van der Waals surface area contributed by atoms with Crippen LogP contribution in [0.3, 0.4) is 0 Å². The van der Waals surface area contributed by atoms with Crippen LogP contribution in [0.25, 0.3) is 51.3 Å². The molecule has 0 aliphatic carbocycles. The highest BCUT2D eigenvalue weighted by Gasteiger charge is 2.25. The van der Waals surface area contributed by atoms with Gasteiger partial charge in [-0.3, -0.25) is 0 Å². The van der Waals surface area contributed by atoms with Gasteiger partial charge >= 0.3 is 0 Å². The Bertz CT molecular complexity index is 1400. The van der Waals surface area contributed by atoms with Gasteiger partial charge in [0.05, 0.1) is 11.4 Å². The van der Waals surface area contributed by atoms with Gasteiger partial charge in [-0.15, -0.1) is 0 Å². The average molecular weight is 406 g/mol. The van der Waals surface area contributed by atoms with Crippen LogP contribution >= 0.6 is 0 Å². The van der Waals surface area contributed by atoms with E-state index in [1.54, 1.807) is 0 Å². The predicted octanol–water partition coefficient (Wildman–Crippen LogP) is 5.75. The van der Waals surface area contributed by atoms with Crippen LogP contribution in [0.5, 0.6) is 0 Å². The van der Waals surface area contributed by atoms with Crippen LogP contribution in [-0.4, -0.2) is 19.9 Å². The van der Waals surface area contributed by atoms with E-state index in [1.165, 1.54) is 0 Å². The first kappa shape index (κ1) is 18.7. The molecule has 0 spiro atoms. The van der Waals surface area contributed by atoms with Crippen LogP contribution in [0.2, 0.25) is 0 Å². The van der Waals surface area contributed by atoms with E-state index < -0.39 is 0 Å². The average Bonchev–Trinajstić information content (AvgIpc) is 3.37. The van der Waals surface area contributed by atoms with Gasteiger partial charge in [0.25, 0.3) is 0 Å². The minimum atomic E-state index is 0.618. The third kappa shape index (κ3) is 2.97. The number of nitrogens with zero attached hydrogens (tertiary/aromatic N) is 2. The molecule has 0 saturated carbocycles. The minimum Gasteiger partial charge on any atom is -0.361 e. The van der Waals surface area contributed by atoms with Crippen molar-refractivity contribution in [1.82, 2.24) is 25.3 Å². The maximum atomic E-state index is 5.02. The molecule has 1 aliphatic heterocycles. The molecular formula is C25H22N6. The van der Waals surface area contributed by atoms with Crippen molar-refractivity contribution in [3.63, 3.8) is 0 Å². The standard InChI is InChI=1S/C25H22N6/c1-5-9-16-18(12-26-20(16)6-2)24-23(19-13-27-21-11-8-7-10-17(19)21)30-22-14(3)28-15(4)29-25(22)31-24/h5-13,26-28H,2-4H2,1H3,(H,29,31)/b9-5-. The molecule has 4 heterocycles. The van der Waals surface area contributed by atoms with Crippen LogP contribution in [-0.2, 0) is 0 Å². The Balaban J connectivity index is 1.85. The number of hydrogen-bond acceptors (Lipinski definition) is 4. The lowest BCUT2D eigenvalue weighted by Crippen LogP contribution is -2.25. The number of aromatic nitrogens is 4.